The zero-order chi connectivity index (χ0) is 18.7. The highest BCUT2D eigenvalue weighted by atomic mass is 32.2. The van der Waals surface area contributed by atoms with E-state index in [-0.39, 0.29) is 17.6 Å². The molecule has 3 rings (SSSR count). The molecule has 0 aliphatic carbocycles. The number of non-ortho nitro benzene ring substituents is 1. The Morgan fingerprint density at radius 2 is 1.88 bits per heavy atom. The van der Waals surface area contributed by atoms with E-state index in [1.54, 1.807) is 23.1 Å². The van der Waals surface area contributed by atoms with Gasteiger partial charge in [-0.2, -0.15) is 0 Å². The van der Waals surface area contributed by atoms with Gasteiger partial charge in [0.2, 0.25) is 0 Å². The lowest BCUT2D eigenvalue weighted by Crippen LogP contribution is -2.35. The second kappa shape index (κ2) is 7.53. The summed E-state index contributed by atoms with van der Waals surface area (Å²) in [5.41, 5.74) is 1.37. The number of para-hydroxylation sites is 1. The highest BCUT2D eigenvalue weighted by Gasteiger charge is 2.35. The molecule has 26 heavy (non-hydrogen) atoms. The van der Waals surface area contributed by atoms with Crippen molar-refractivity contribution < 1.29 is 9.72 Å². The number of rotatable bonds is 4. The fourth-order valence-electron chi connectivity index (χ4n) is 2.51. The van der Waals surface area contributed by atoms with Gasteiger partial charge in [0.15, 0.2) is 5.17 Å². The number of carbonyl (C=O) groups is 1. The molecule has 2 aromatic carbocycles. The van der Waals surface area contributed by atoms with Gasteiger partial charge in [0.05, 0.1) is 15.5 Å². The summed E-state index contributed by atoms with van der Waals surface area (Å²) in [6.45, 7) is 3.85. The van der Waals surface area contributed by atoms with Crippen molar-refractivity contribution in [1.82, 2.24) is 4.90 Å². The maximum absolute atomic E-state index is 12.8. The normalized spacial score (nSPS) is 17.5. The molecule has 2 aromatic rings. The molecule has 7 heteroatoms. The van der Waals surface area contributed by atoms with Crippen LogP contribution < -0.4 is 0 Å². The van der Waals surface area contributed by atoms with Crippen molar-refractivity contribution in [3.8, 4) is 0 Å². The molecule has 0 saturated carbocycles. The topological polar surface area (TPSA) is 75.8 Å². The number of carbonyl (C=O) groups excluding carboxylic acids is 1. The van der Waals surface area contributed by atoms with Crippen LogP contribution in [0.25, 0.3) is 6.08 Å². The number of hydrogen-bond donors (Lipinski definition) is 0. The number of amides is 1. The molecule has 1 aliphatic rings. The summed E-state index contributed by atoms with van der Waals surface area (Å²) < 4.78 is 0. The molecule has 132 valence electrons. The molecule has 0 atom stereocenters. The Morgan fingerprint density at radius 1 is 1.15 bits per heavy atom. The number of hydrogen-bond acceptors (Lipinski definition) is 5. The van der Waals surface area contributed by atoms with Gasteiger partial charge in [-0.25, -0.2) is 4.99 Å². The third kappa shape index (κ3) is 3.83. The summed E-state index contributed by atoms with van der Waals surface area (Å²) in [6, 6.07) is 15.6. The second-order valence-corrected chi connectivity index (χ2v) is 6.97. The van der Waals surface area contributed by atoms with E-state index < -0.39 is 4.92 Å². The van der Waals surface area contributed by atoms with Crippen molar-refractivity contribution in [3.05, 3.63) is 75.2 Å². The Hall–Kier alpha value is -2.93. The van der Waals surface area contributed by atoms with Crippen molar-refractivity contribution >= 4 is 40.3 Å². The van der Waals surface area contributed by atoms with Gasteiger partial charge in [0, 0.05) is 18.2 Å². The van der Waals surface area contributed by atoms with Crippen LogP contribution in [-0.4, -0.2) is 26.9 Å². The Morgan fingerprint density at radius 3 is 2.54 bits per heavy atom. The van der Waals surface area contributed by atoms with Gasteiger partial charge >= 0.3 is 0 Å². The highest BCUT2D eigenvalue weighted by Crippen LogP contribution is 2.35. The SMILES string of the molecule is CC(C)N1C(=O)/C(=C\c2cccc([N+](=O)[O-])c2)SC1=Nc1ccccc1. The van der Waals surface area contributed by atoms with E-state index >= 15 is 0 Å². The average Bonchev–Trinajstić information content (AvgIpc) is 2.91. The summed E-state index contributed by atoms with van der Waals surface area (Å²) in [4.78, 5) is 30.0. The maximum Gasteiger partial charge on any atom is 0.270 e. The summed E-state index contributed by atoms with van der Waals surface area (Å²) >= 11 is 1.28. The Labute approximate surface area is 155 Å². The van der Waals surface area contributed by atoms with Crippen LogP contribution in [-0.2, 0) is 4.79 Å². The fourth-order valence-corrected chi connectivity index (χ4v) is 3.63. The lowest BCUT2D eigenvalue weighted by Gasteiger charge is -2.19. The summed E-state index contributed by atoms with van der Waals surface area (Å²) in [5, 5.41) is 11.5. The fraction of sp³-hybridized carbons (Fsp3) is 0.158. The number of nitrogens with zero attached hydrogens (tertiary/aromatic N) is 3. The van der Waals surface area contributed by atoms with Crippen LogP contribution in [0.4, 0.5) is 11.4 Å². The number of benzene rings is 2. The van der Waals surface area contributed by atoms with Crippen LogP contribution in [0, 0.1) is 10.1 Å². The minimum atomic E-state index is -0.450. The van der Waals surface area contributed by atoms with Gasteiger partial charge in [-0.1, -0.05) is 30.3 Å². The Kier molecular flexibility index (Phi) is 5.18. The molecule has 0 spiro atoms. The number of amidine groups is 1. The smallest absolute Gasteiger partial charge is 0.270 e. The van der Waals surface area contributed by atoms with Crippen molar-refractivity contribution in [1.29, 1.82) is 0 Å². The quantitative estimate of drug-likeness (QED) is 0.449. The molecular formula is C19H17N3O3S. The summed E-state index contributed by atoms with van der Waals surface area (Å²) in [7, 11) is 0. The molecule has 1 fully saturated rings. The lowest BCUT2D eigenvalue weighted by atomic mass is 10.2. The molecule has 1 aliphatic heterocycles. The van der Waals surface area contributed by atoms with Gasteiger partial charge in [0.1, 0.15) is 0 Å². The maximum atomic E-state index is 12.8. The van der Waals surface area contributed by atoms with Gasteiger partial charge in [-0.05, 0) is 49.4 Å². The molecule has 1 saturated heterocycles. The van der Waals surface area contributed by atoms with Crippen LogP contribution in [0.5, 0.6) is 0 Å². The third-order valence-corrected chi connectivity index (χ3v) is 4.70. The second-order valence-electron chi connectivity index (χ2n) is 5.96. The van der Waals surface area contributed by atoms with E-state index in [1.165, 1.54) is 23.9 Å². The molecule has 0 bridgehead atoms. The number of aliphatic imine (C=N–C) groups is 1. The first-order valence-electron chi connectivity index (χ1n) is 8.07. The van der Waals surface area contributed by atoms with Crippen LogP contribution in [0.1, 0.15) is 19.4 Å². The van der Waals surface area contributed by atoms with Crippen molar-refractivity contribution in [2.75, 3.05) is 0 Å². The first-order valence-corrected chi connectivity index (χ1v) is 8.88. The van der Waals surface area contributed by atoms with Gasteiger partial charge < -0.3 is 0 Å². The molecule has 0 radical (unpaired) electrons. The highest BCUT2D eigenvalue weighted by molar-refractivity contribution is 8.18. The van der Waals surface area contributed by atoms with E-state index in [2.05, 4.69) is 4.99 Å². The molecule has 6 nitrogen and oxygen atoms in total. The van der Waals surface area contributed by atoms with Crippen molar-refractivity contribution in [2.45, 2.75) is 19.9 Å². The van der Waals surface area contributed by atoms with E-state index in [9.17, 15) is 14.9 Å². The van der Waals surface area contributed by atoms with Crippen molar-refractivity contribution in [3.63, 3.8) is 0 Å². The predicted octanol–water partition coefficient (Wildman–Crippen LogP) is 4.61. The minimum Gasteiger partial charge on any atom is -0.284 e. The van der Waals surface area contributed by atoms with Gasteiger partial charge in [-0.3, -0.25) is 19.8 Å². The molecule has 1 amide bonds. The minimum absolute atomic E-state index is 0.00584. The Balaban J connectivity index is 1.97. The first kappa shape index (κ1) is 17.9. The van der Waals surface area contributed by atoms with E-state index in [0.29, 0.717) is 15.6 Å². The molecule has 1 heterocycles. The van der Waals surface area contributed by atoms with E-state index in [1.807, 2.05) is 44.2 Å². The third-order valence-electron chi connectivity index (χ3n) is 3.71. The zero-order valence-corrected chi connectivity index (χ0v) is 15.1. The first-order chi connectivity index (χ1) is 12.5. The Bertz CT molecular complexity index is 907. The number of nitro benzene ring substituents is 1. The number of nitro groups is 1. The van der Waals surface area contributed by atoms with E-state index in [0.717, 1.165) is 5.69 Å². The van der Waals surface area contributed by atoms with E-state index in [4.69, 9.17) is 0 Å². The predicted molar refractivity (Wildman–Crippen MR) is 104 cm³/mol. The zero-order valence-electron chi connectivity index (χ0n) is 14.3. The summed E-state index contributed by atoms with van der Waals surface area (Å²) in [5.74, 6) is -0.147. The average molecular weight is 367 g/mol. The lowest BCUT2D eigenvalue weighted by molar-refractivity contribution is -0.384. The standard InChI is InChI=1S/C19H17N3O3S/c1-13(2)21-18(23)17(12-14-7-6-10-16(11-14)22(24)25)26-19(21)20-15-8-4-3-5-9-15/h3-13H,1-2H3/b17-12+,20-19?. The molecule has 0 N–H and O–H groups in total. The summed E-state index contributed by atoms with van der Waals surface area (Å²) in [6.07, 6.45) is 1.67. The molecular weight excluding hydrogens is 350 g/mol. The monoisotopic (exact) mass is 367 g/mol. The molecule has 0 aromatic heterocycles. The molecule has 0 unspecified atom stereocenters. The van der Waals surface area contributed by atoms with Crippen LogP contribution in [0.2, 0.25) is 0 Å². The number of thioether (sulfide) groups is 1. The van der Waals surface area contributed by atoms with Gasteiger partial charge in [-0.15, -0.1) is 0 Å². The van der Waals surface area contributed by atoms with Crippen LogP contribution >= 0.6 is 11.8 Å². The van der Waals surface area contributed by atoms with Gasteiger partial charge in [0.25, 0.3) is 11.6 Å². The van der Waals surface area contributed by atoms with Crippen molar-refractivity contribution in [2.24, 2.45) is 4.99 Å². The van der Waals surface area contributed by atoms with Crippen LogP contribution in [0.15, 0.2) is 64.5 Å². The largest absolute Gasteiger partial charge is 0.284 e. The van der Waals surface area contributed by atoms with Crippen LogP contribution in [0.3, 0.4) is 0 Å².